The Balaban J connectivity index is 0.000000612. The molecule has 38 heavy (non-hydrogen) atoms. The molecular weight excluding hydrogens is 554 g/mol. The number of hydrogen-bond donors (Lipinski definition) is 3. The summed E-state index contributed by atoms with van der Waals surface area (Å²) >= 11 is 7.09. The molecule has 0 bridgehead atoms. The van der Waals surface area contributed by atoms with E-state index in [9.17, 15) is 18.0 Å². The van der Waals surface area contributed by atoms with Gasteiger partial charge < -0.3 is 15.0 Å². The van der Waals surface area contributed by atoms with Gasteiger partial charge in [0.2, 0.25) is 0 Å². The number of pyridine rings is 1. The van der Waals surface area contributed by atoms with Crippen molar-refractivity contribution in [3.05, 3.63) is 74.6 Å². The van der Waals surface area contributed by atoms with Crippen LogP contribution >= 0.6 is 22.9 Å². The minimum atomic E-state index is -3.67. The maximum absolute atomic E-state index is 13.2. The monoisotopic (exact) mass is 579 g/mol. The van der Waals surface area contributed by atoms with Crippen LogP contribution in [0.4, 0.5) is 11.5 Å². The Bertz CT molecular complexity index is 1470. The van der Waals surface area contributed by atoms with E-state index in [1.165, 1.54) is 11.3 Å². The van der Waals surface area contributed by atoms with Crippen molar-refractivity contribution in [2.75, 3.05) is 29.6 Å². The first-order valence-electron chi connectivity index (χ1n) is 10.8. The molecule has 0 unspecified atom stereocenters. The van der Waals surface area contributed by atoms with Crippen molar-refractivity contribution in [3.63, 3.8) is 0 Å². The molecule has 202 valence electrons. The molecule has 3 N–H and O–H groups in total. The van der Waals surface area contributed by atoms with E-state index in [1.54, 1.807) is 34.2 Å². The van der Waals surface area contributed by atoms with E-state index in [4.69, 9.17) is 26.3 Å². The first-order chi connectivity index (χ1) is 17.5. The van der Waals surface area contributed by atoms with Gasteiger partial charge in [0, 0.05) is 25.0 Å². The fraction of sp³-hybridized carbons (Fsp3) is 0.250. The molecule has 2 aliphatic heterocycles. The summed E-state index contributed by atoms with van der Waals surface area (Å²) in [6.07, 6.45) is 2.30. The van der Waals surface area contributed by atoms with Crippen LogP contribution in [0, 0.1) is 5.41 Å². The predicted octanol–water partition coefficient (Wildman–Crippen LogP) is 4.12. The molecule has 11 nitrogen and oxygen atoms in total. The minimum Gasteiger partial charge on any atom is -0.463 e. The SMILES string of the molecule is C.CS(=O)(=O)O.N=C1OCCN1c1cccc(CN2Cc3ccnc(NC(=O)c4ccc(Cl)s4)c3C2=O)c1. The van der Waals surface area contributed by atoms with Crippen LogP contribution < -0.4 is 10.2 Å². The molecule has 4 heterocycles. The quantitative estimate of drug-likeness (QED) is 0.382. The molecule has 0 atom stereocenters. The van der Waals surface area contributed by atoms with Crippen LogP contribution in [0.5, 0.6) is 0 Å². The first-order valence-corrected chi connectivity index (χ1v) is 13.9. The largest absolute Gasteiger partial charge is 0.463 e. The van der Waals surface area contributed by atoms with E-state index in [1.807, 2.05) is 24.3 Å². The van der Waals surface area contributed by atoms with Gasteiger partial charge in [-0.1, -0.05) is 31.2 Å². The van der Waals surface area contributed by atoms with Crippen molar-refractivity contribution in [1.29, 1.82) is 5.41 Å². The average Bonchev–Trinajstić information content (AvgIpc) is 3.53. The number of amides is 2. The molecule has 5 rings (SSSR count). The smallest absolute Gasteiger partial charge is 0.289 e. The maximum atomic E-state index is 13.2. The number of anilines is 2. The number of ether oxygens (including phenoxy) is 1. The van der Waals surface area contributed by atoms with Gasteiger partial charge >= 0.3 is 0 Å². The summed E-state index contributed by atoms with van der Waals surface area (Å²) in [7, 11) is -3.67. The molecule has 2 aliphatic rings. The number of carbonyl (C=O) groups excluding carboxylic acids is 2. The Morgan fingerprint density at radius 3 is 2.66 bits per heavy atom. The number of fused-ring (bicyclic) bond motifs is 1. The Morgan fingerprint density at radius 2 is 2.03 bits per heavy atom. The number of aromatic nitrogens is 1. The van der Waals surface area contributed by atoms with Crippen LogP contribution in [0.15, 0.2) is 48.7 Å². The molecule has 2 amide bonds. The van der Waals surface area contributed by atoms with Gasteiger partial charge in [-0.25, -0.2) is 4.98 Å². The highest BCUT2D eigenvalue weighted by Gasteiger charge is 2.32. The zero-order valence-electron chi connectivity index (χ0n) is 19.5. The molecule has 1 fully saturated rings. The zero-order valence-corrected chi connectivity index (χ0v) is 21.9. The minimum absolute atomic E-state index is 0. The second kappa shape index (κ2) is 11.9. The normalized spacial score (nSPS) is 14.3. The molecular formula is C24H26ClN5O6S2. The number of hydrogen-bond acceptors (Lipinski definition) is 8. The lowest BCUT2D eigenvalue weighted by molar-refractivity contribution is 0.0767. The second-order valence-corrected chi connectivity index (χ2v) is 11.3. The number of amidine groups is 1. The number of thiophene rings is 1. The van der Waals surface area contributed by atoms with Crippen LogP contribution in [0.25, 0.3) is 0 Å². The molecule has 0 aliphatic carbocycles. The van der Waals surface area contributed by atoms with Crippen molar-refractivity contribution in [2.45, 2.75) is 20.5 Å². The third-order valence-electron chi connectivity index (χ3n) is 5.32. The van der Waals surface area contributed by atoms with Crippen LogP contribution in [0.1, 0.15) is 38.6 Å². The highest BCUT2D eigenvalue weighted by atomic mass is 35.5. The van der Waals surface area contributed by atoms with E-state index in [0.717, 1.165) is 16.8 Å². The Labute approximate surface area is 229 Å². The third kappa shape index (κ3) is 7.07. The molecule has 0 saturated carbocycles. The number of nitrogens with one attached hydrogen (secondary N) is 2. The molecule has 1 aromatic carbocycles. The van der Waals surface area contributed by atoms with Crippen LogP contribution in [-0.2, 0) is 27.9 Å². The molecule has 0 radical (unpaired) electrons. The highest BCUT2D eigenvalue weighted by molar-refractivity contribution is 7.85. The predicted molar refractivity (Wildman–Crippen MR) is 147 cm³/mol. The first kappa shape index (κ1) is 29.0. The molecule has 3 aromatic rings. The molecule has 1 saturated heterocycles. The van der Waals surface area contributed by atoms with Gasteiger partial charge in [0.25, 0.3) is 28.0 Å². The summed E-state index contributed by atoms with van der Waals surface area (Å²) in [4.78, 5) is 33.9. The standard InChI is InChI=1S/C22H18ClN5O3S.CH4O3S.CH4/c23-17-5-4-16(32-17)20(29)26-19-18-14(6-7-25-19)12-27(21(18)30)11-13-2-1-3-15(10-13)28-8-9-31-22(28)24;1-5(2,3)4;/h1-7,10,24H,8-9,11-12H2,(H,25,26,29);1H3,(H,2,3,4);1H4. The summed E-state index contributed by atoms with van der Waals surface area (Å²) in [6.45, 7) is 1.94. The van der Waals surface area contributed by atoms with Crippen molar-refractivity contribution < 1.29 is 27.3 Å². The van der Waals surface area contributed by atoms with Crippen LogP contribution in [-0.4, -0.2) is 60.1 Å². The van der Waals surface area contributed by atoms with Crippen molar-refractivity contribution in [2.24, 2.45) is 0 Å². The number of rotatable bonds is 5. The zero-order chi connectivity index (χ0) is 26.7. The Morgan fingerprint density at radius 1 is 1.29 bits per heavy atom. The number of halogens is 1. The number of benzene rings is 1. The van der Waals surface area contributed by atoms with Gasteiger partial charge in [0.05, 0.1) is 27.6 Å². The van der Waals surface area contributed by atoms with Gasteiger partial charge in [-0.2, -0.15) is 8.42 Å². The number of carbonyl (C=O) groups is 2. The lowest BCUT2D eigenvalue weighted by atomic mass is 10.1. The lowest BCUT2D eigenvalue weighted by Crippen LogP contribution is -2.26. The topological polar surface area (TPSA) is 153 Å². The molecule has 14 heteroatoms. The van der Waals surface area contributed by atoms with Crippen molar-refractivity contribution in [3.8, 4) is 0 Å². The van der Waals surface area contributed by atoms with Crippen molar-refractivity contribution >= 4 is 62.4 Å². The Hall–Kier alpha value is -3.52. The van der Waals surface area contributed by atoms with Crippen LogP contribution in [0.3, 0.4) is 0 Å². The fourth-order valence-electron chi connectivity index (χ4n) is 3.84. The summed E-state index contributed by atoms with van der Waals surface area (Å²) in [5, 5.41) is 10.6. The summed E-state index contributed by atoms with van der Waals surface area (Å²) in [6, 6.07) is 12.9. The van der Waals surface area contributed by atoms with Crippen LogP contribution in [0.2, 0.25) is 4.34 Å². The summed E-state index contributed by atoms with van der Waals surface area (Å²) in [5.41, 5.74) is 3.03. The maximum Gasteiger partial charge on any atom is 0.289 e. The van der Waals surface area contributed by atoms with Gasteiger partial charge in [-0.05, 0) is 41.5 Å². The fourth-order valence-corrected chi connectivity index (χ4v) is 4.78. The van der Waals surface area contributed by atoms with Gasteiger partial charge in [-0.15, -0.1) is 11.3 Å². The van der Waals surface area contributed by atoms with Crippen molar-refractivity contribution in [1.82, 2.24) is 9.88 Å². The molecule has 0 spiro atoms. The second-order valence-electron chi connectivity index (χ2n) is 8.12. The van der Waals surface area contributed by atoms with E-state index >= 15 is 0 Å². The van der Waals surface area contributed by atoms with E-state index in [0.29, 0.717) is 47.3 Å². The van der Waals surface area contributed by atoms with Gasteiger partial charge in [0.1, 0.15) is 12.4 Å². The third-order valence-corrected chi connectivity index (χ3v) is 6.55. The summed E-state index contributed by atoms with van der Waals surface area (Å²) < 4.78 is 31.6. The summed E-state index contributed by atoms with van der Waals surface area (Å²) in [5.74, 6) is -0.284. The van der Waals surface area contributed by atoms with E-state index in [2.05, 4.69) is 10.3 Å². The Kier molecular flexibility index (Phi) is 9.09. The van der Waals surface area contributed by atoms with Gasteiger partial charge in [0.15, 0.2) is 0 Å². The molecule has 2 aromatic heterocycles. The van der Waals surface area contributed by atoms with E-state index < -0.39 is 10.1 Å². The highest BCUT2D eigenvalue weighted by Crippen LogP contribution is 2.31. The van der Waals surface area contributed by atoms with Gasteiger partial charge in [-0.3, -0.25) is 24.5 Å². The lowest BCUT2D eigenvalue weighted by Gasteiger charge is -2.19. The number of nitrogens with zero attached hydrogens (tertiary/aromatic N) is 3. The van der Waals surface area contributed by atoms with E-state index in [-0.39, 0.29) is 31.1 Å². The average molecular weight is 580 g/mol.